The first-order valence-electron chi connectivity index (χ1n) is 9.26. The highest BCUT2D eigenvalue weighted by molar-refractivity contribution is 5.93. The molecule has 0 bridgehead atoms. The smallest absolute Gasteiger partial charge is 0.284 e. The summed E-state index contributed by atoms with van der Waals surface area (Å²) in [6.07, 6.45) is 2.51. The Morgan fingerprint density at radius 1 is 1.50 bits per heavy atom. The standard InChI is InChI=1S/C19H29N5O2/c1-19(2,26)12-24-16-6-5-13(8-15(16)23-18(24)17(20)25)9-22-11-14-4-3-7-21-10-14/h5-6,8,14,21-22,26H,3-4,7,9-12H2,1-2H3,(H2,20,25). The number of aromatic nitrogens is 2. The predicted molar refractivity (Wildman–Crippen MR) is 102 cm³/mol. The van der Waals surface area contributed by atoms with Crippen molar-refractivity contribution in [2.75, 3.05) is 19.6 Å². The molecule has 1 aromatic heterocycles. The van der Waals surface area contributed by atoms with Crippen LogP contribution in [0.4, 0.5) is 0 Å². The zero-order chi connectivity index (χ0) is 18.7. The molecule has 1 unspecified atom stereocenters. The molecule has 26 heavy (non-hydrogen) atoms. The number of imidazole rings is 1. The fourth-order valence-electron chi connectivity index (χ4n) is 3.54. The Hall–Kier alpha value is -1.96. The monoisotopic (exact) mass is 359 g/mol. The number of primary amides is 1. The zero-order valence-corrected chi connectivity index (χ0v) is 15.6. The molecule has 1 atom stereocenters. The Kier molecular flexibility index (Phi) is 5.60. The first-order valence-corrected chi connectivity index (χ1v) is 9.26. The number of benzene rings is 1. The molecule has 1 amide bonds. The minimum Gasteiger partial charge on any atom is -0.389 e. The lowest BCUT2D eigenvalue weighted by atomic mass is 10.00. The van der Waals surface area contributed by atoms with Crippen LogP contribution in [0.1, 0.15) is 42.9 Å². The summed E-state index contributed by atoms with van der Waals surface area (Å²) in [5.41, 5.74) is 7.16. The van der Waals surface area contributed by atoms with Crippen molar-refractivity contribution in [2.45, 2.75) is 45.4 Å². The van der Waals surface area contributed by atoms with E-state index in [0.717, 1.165) is 42.8 Å². The normalized spacial score (nSPS) is 18.3. The number of carbonyl (C=O) groups is 1. The van der Waals surface area contributed by atoms with Crippen LogP contribution in [0.5, 0.6) is 0 Å². The number of nitrogens with one attached hydrogen (secondary N) is 2. The van der Waals surface area contributed by atoms with Crippen molar-refractivity contribution in [1.29, 1.82) is 0 Å². The van der Waals surface area contributed by atoms with Gasteiger partial charge in [-0.15, -0.1) is 0 Å². The average Bonchev–Trinajstić information content (AvgIpc) is 2.92. The Morgan fingerprint density at radius 2 is 2.31 bits per heavy atom. The van der Waals surface area contributed by atoms with Crippen LogP contribution in [0.3, 0.4) is 0 Å². The third-order valence-corrected chi connectivity index (χ3v) is 4.74. The maximum atomic E-state index is 11.7. The van der Waals surface area contributed by atoms with Gasteiger partial charge in [-0.1, -0.05) is 6.07 Å². The Labute approximate surface area is 154 Å². The van der Waals surface area contributed by atoms with E-state index in [1.54, 1.807) is 18.4 Å². The molecule has 1 aromatic carbocycles. The largest absolute Gasteiger partial charge is 0.389 e. The van der Waals surface area contributed by atoms with Crippen LogP contribution in [0.15, 0.2) is 18.2 Å². The topological polar surface area (TPSA) is 105 Å². The second-order valence-corrected chi connectivity index (χ2v) is 7.86. The van der Waals surface area contributed by atoms with Crippen LogP contribution >= 0.6 is 0 Å². The summed E-state index contributed by atoms with van der Waals surface area (Å²) in [6, 6.07) is 5.95. The molecular weight excluding hydrogens is 330 g/mol. The number of hydrogen-bond acceptors (Lipinski definition) is 5. The van der Waals surface area contributed by atoms with Gasteiger partial charge in [0, 0.05) is 6.54 Å². The van der Waals surface area contributed by atoms with E-state index in [4.69, 9.17) is 5.73 Å². The number of nitrogens with zero attached hydrogens (tertiary/aromatic N) is 2. The lowest BCUT2D eigenvalue weighted by molar-refractivity contribution is 0.0614. The number of hydrogen-bond donors (Lipinski definition) is 4. The molecule has 1 aliphatic rings. The summed E-state index contributed by atoms with van der Waals surface area (Å²) in [7, 11) is 0. The molecule has 1 fully saturated rings. The number of amides is 1. The first-order chi connectivity index (χ1) is 12.3. The van der Waals surface area contributed by atoms with E-state index in [-0.39, 0.29) is 12.4 Å². The number of nitrogens with two attached hydrogens (primary N) is 1. The Bertz CT molecular complexity index is 772. The van der Waals surface area contributed by atoms with Crippen LogP contribution in [-0.4, -0.2) is 45.8 Å². The molecule has 5 N–H and O–H groups in total. The third kappa shape index (κ3) is 4.60. The second-order valence-electron chi connectivity index (χ2n) is 7.86. The quantitative estimate of drug-likeness (QED) is 0.590. The van der Waals surface area contributed by atoms with Gasteiger partial charge in [-0.25, -0.2) is 4.98 Å². The molecule has 0 radical (unpaired) electrons. The van der Waals surface area contributed by atoms with Crippen LogP contribution < -0.4 is 16.4 Å². The van der Waals surface area contributed by atoms with Gasteiger partial charge in [0.15, 0.2) is 5.82 Å². The van der Waals surface area contributed by atoms with Gasteiger partial charge in [0.25, 0.3) is 5.91 Å². The minimum absolute atomic E-state index is 0.181. The highest BCUT2D eigenvalue weighted by Gasteiger charge is 2.21. The van der Waals surface area contributed by atoms with Gasteiger partial charge in [-0.3, -0.25) is 4.79 Å². The van der Waals surface area contributed by atoms with E-state index in [1.807, 2.05) is 18.2 Å². The molecule has 0 saturated carbocycles. The number of aliphatic hydroxyl groups is 1. The van der Waals surface area contributed by atoms with E-state index in [0.29, 0.717) is 5.92 Å². The fourth-order valence-corrected chi connectivity index (χ4v) is 3.54. The molecule has 142 valence electrons. The number of piperidine rings is 1. The maximum absolute atomic E-state index is 11.7. The van der Waals surface area contributed by atoms with Crippen LogP contribution in [-0.2, 0) is 13.1 Å². The number of rotatable bonds is 7. The first kappa shape index (κ1) is 18.8. The molecule has 1 saturated heterocycles. The summed E-state index contributed by atoms with van der Waals surface area (Å²) in [5, 5.41) is 17.1. The summed E-state index contributed by atoms with van der Waals surface area (Å²) < 4.78 is 1.70. The molecule has 2 heterocycles. The van der Waals surface area contributed by atoms with Gasteiger partial charge in [-0.05, 0) is 69.9 Å². The van der Waals surface area contributed by atoms with Gasteiger partial charge in [-0.2, -0.15) is 0 Å². The van der Waals surface area contributed by atoms with Gasteiger partial charge in [0.05, 0.1) is 23.2 Å². The highest BCUT2D eigenvalue weighted by Crippen LogP contribution is 2.21. The summed E-state index contributed by atoms with van der Waals surface area (Å²) in [4.78, 5) is 16.1. The Morgan fingerprint density at radius 3 is 2.96 bits per heavy atom. The maximum Gasteiger partial charge on any atom is 0.284 e. The van der Waals surface area contributed by atoms with Crippen molar-refractivity contribution >= 4 is 16.9 Å². The van der Waals surface area contributed by atoms with E-state index in [1.165, 1.54) is 12.8 Å². The Balaban J connectivity index is 1.74. The summed E-state index contributed by atoms with van der Waals surface area (Å²) >= 11 is 0. The second kappa shape index (κ2) is 7.73. The third-order valence-electron chi connectivity index (χ3n) is 4.74. The molecule has 0 aliphatic carbocycles. The lowest BCUT2D eigenvalue weighted by Gasteiger charge is -2.23. The number of fused-ring (bicyclic) bond motifs is 1. The van der Waals surface area contributed by atoms with Gasteiger partial charge >= 0.3 is 0 Å². The minimum atomic E-state index is -0.966. The average molecular weight is 359 g/mol. The van der Waals surface area contributed by atoms with Gasteiger partial charge in [0.2, 0.25) is 0 Å². The van der Waals surface area contributed by atoms with Gasteiger partial charge in [0.1, 0.15) is 0 Å². The van der Waals surface area contributed by atoms with E-state index >= 15 is 0 Å². The fraction of sp³-hybridized carbons (Fsp3) is 0.579. The van der Waals surface area contributed by atoms with Crippen molar-refractivity contribution in [2.24, 2.45) is 11.7 Å². The van der Waals surface area contributed by atoms with E-state index in [9.17, 15) is 9.90 Å². The SMILES string of the molecule is CC(C)(O)Cn1c(C(N)=O)nc2cc(CNCC3CCCNC3)ccc21. The molecule has 3 rings (SSSR count). The van der Waals surface area contributed by atoms with Crippen molar-refractivity contribution in [3.8, 4) is 0 Å². The molecule has 2 aromatic rings. The highest BCUT2D eigenvalue weighted by atomic mass is 16.3. The molecule has 7 nitrogen and oxygen atoms in total. The van der Waals surface area contributed by atoms with Crippen molar-refractivity contribution in [3.63, 3.8) is 0 Å². The molecule has 0 spiro atoms. The summed E-state index contributed by atoms with van der Waals surface area (Å²) in [6.45, 7) is 7.61. The van der Waals surface area contributed by atoms with Crippen molar-refractivity contribution in [1.82, 2.24) is 20.2 Å². The summed E-state index contributed by atoms with van der Waals surface area (Å²) in [5.74, 6) is 0.273. The number of carbonyl (C=O) groups excluding carboxylic acids is 1. The molecule has 1 aliphatic heterocycles. The van der Waals surface area contributed by atoms with E-state index in [2.05, 4.69) is 15.6 Å². The zero-order valence-electron chi connectivity index (χ0n) is 15.6. The molecule has 7 heteroatoms. The van der Waals surface area contributed by atoms with Crippen LogP contribution in [0.2, 0.25) is 0 Å². The lowest BCUT2D eigenvalue weighted by Crippen LogP contribution is -2.35. The molecular formula is C19H29N5O2. The van der Waals surface area contributed by atoms with Crippen LogP contribution in [0, 0.1) is 5.92 Å². The van der Waals surface area contributed by atoms with E-state index < -0.39 is 11.5 Å². The van der Waals surface area contributed by atoms with Crippen LogP contribution in [0.25, 0.3) is 11.0 Å². The van der Waals surface area contributed by atoms with Crippen molar-refractivity contribution in [3.05, 3.63) is 29.6 Å². The van der Waals surface area contributed by atoms with Crippen molar-refractivity contribution < 1.29 is 9.90 Å². The van der Waals surface area contributed by atoms with Gasteiger partial charge < -0.3 is 26.0 Å². The predicted octanol–water partition coefficient (Wildman–Crippen LogP) is 0.995.